The Kier molecular flexibility index (Phi) is 6.39. The van der Waals surface area contributed by atoms with E-state index < -0.39 is 5.91 Å². The van der Waals surface area contributed by atoms with E-state index in [0.717, 1.165) is 5.56 Å². The number of rotatable bonds is 6. The van der Waals surface area contributed by atoms with Gasteiger partial charge in [-0.1, -0.05) is 48.0 Å². The summed E-state index contributed by atoms with van der Waals surface area (Å²) in [6.45, 7) is 2.03. The van der Waals surface area contributed by atoms with Crippen LogP contribution in [-0.2, 0) is 11.4 Å². The van der Waals surface area contributed by atoms with Crippen LogP contribution in [-0.4, -0.2) is 5.91 Å². The number of nitrogens with zero attached hydrogens (tertiary/aromatic N) is 1. The van der Waals surface area contributed by atoms with Gasteiger partial charge >= 0.3 is 0 Å². The van der Waals surface area contributed by atoms with Crippen molar-refractivity contribution in [1.29, 1.82) is 5.26 Å². The second kappa shape index (κ2) is 9.34. The molecular weight excluding hydrogens is 367 g/mol. The number of nitriles is 1. The van der Waals surface area contributed by atoms with Crippen LogP contribution in [0.2, 0.25) is 0 Å². The lowest BCUT2D eigenvalue weighted by molar-refractivity contribution is -0.112. The Labute approximate surface area is 168 Å². The van der Waals surface area contributed by atoms with Crippen molar-refractivity contribution in [2.45, 2.75) is 13.5 Å². The van der Waals surface area contributed by atoms with E-state index >= 15 is 0 Å². The third kappa shape index (κ3) is 5.53. The van der Waals surface area contributed by atoms with E-state index in [1.165, 1.54) is 12.1 Å². The maximum absolute atomic E-state index is 13.7. The molecule has 0 aliphatic rings. The van der Waals surface area contributed by atoms with E-state index in [1.807, 2.05) is 25.1 Å². The fraction of sp³-hybridized carbons (Fsp3) is 0.0833. The predicted octanol–water partition coefficient (Wildman–Crippen LogP) is 5.26. The topological polar surface area (TPSA) is 62.1 Å². The molecule has 0 atom stereocenters. The van der Waals surface area contributed by atoms with E-state index in [0.29, 0.717) is 22.6 Å². The van der Waals surface area contributed by atoms with Crippen LogP contribution >= 0.6 is 0 Å². The van der Waals surface area contributed by atoms with Crippen LogP contribution in [0.4, 0.5) is 10.1 Å². The Bertz CT molecular complexity index is 1080. The van der Waals surface area contributed by atoms with E-state index in [2.05, 4.69) is 5.32 Å². The zero-order valence-corrected chi connectivity index (χ0v) is 15.9. The first-order valence-corrected chi connectivity index (χ1v) is 9.01. The number of ether oxygens (including phenoxy) is 1. The summed E-state index contributed by atoms with van der Waals surface area (Å²) < 4.78 is 19.4. The summed E-state index contributed by atoms with van der Waals surface area (Å²) in [5, 5.41) is 12.1. The van der Waals surface area contributed by atoms with Crippen molar-refractivity contribution >= 4 is 17.7 Å². The molecule has 0 spiro atoms. The Hall–Kier alpha value is -3.91. The maximum Gasteiger partial charge on any atom is 0.266 e. The molecule has 0 aromatic heterocycles. The zero-order chi connectivity index (χ0) is 20.6. The molecule has 0 saturated heterocycles. The number of halogens is 1. The van der Waals surface area contributed by atoms with Crippen LogP contribution in [0.15, 0.2) is 78.4 Å². The molecule has 3 rings (SSSR count). The molecule has 0 fully saturated rings. The first-order chi connectivity index (χ1) is 14.0. The largest absolute Gasteiger partial charge is 0.489 e. The first kappa shape index (κ1) is 19.8. The first-order valence-electron chi connectivity index (χ1n) is 9.01. The SMILES string of the molecule is Cc1ccc(NC(=O)C(C#N)=Cc2cccc(OCc3ccccc3F)c2)cc1. The highest BCUT2D eigenvalue weighted by atomic mass is 19.1. The van der Waals surface area contributed by atoms with Gasteiger partial charge in [0.05, 0.1) is 0 Å². The van der Waals surface area contributed by atoms with Gasteiger partial charge in [0.25, 0.3) is 5.91 Å². The normalized spacial score (nSPS) is 10.9. The second-order valence-corrected chi connectivity index (χ2v) is 6.44. The summed E-state index contributed by atoms with van der Waals surface area (Å²) in [5.74, 6) is -0.310. The lowest BCUT2D eigenvalue weighted by atomic mass is 10.1. The lowest BCUT2D eigenvalue weighted by Gasteiger charge is -2.08. The van der Waals surface area contributed by atoms with Gasteiger partial charge in [0.1, 0.15) is 29.8 Å². The smallest absolute Gasteiger partial charge is 0.266 e. The van der Waals surface area contributed by atoms with Crippen molar-refractivity contribution < 1.29 is 13.9 Å². The fourth-order valence-corrected chi connectivity index (χ4v) is 2.62. The van der Waals surface area contributed by atoms with Crippen LogP contribution in [0.25, 0.3) is 6.08 Å². The van der Waals surface area contributed by atoms with Crippen molar-refractivity contribution in [2.24, 2.45) is 0 Å². The number of carbonyl (C=O) groups is 1. The Morgan fingerprint density at radius 3 is 2.59 bits per heavy atom. The number of benzene rings is 3. The van der Waals surface area contributed by atoms with Gasteiger partial charge in [-0.05, 0) is 48.9 Å². The van der Waals surface area contributed by atoms with Gasteiger partial charge in [-0.25, -0.2) is 4.39 Å². The van der Waals surface area contributed by atoms with Gasteiger partial charge in [0.2, 0.25) is 0 Å². The zero-order valence-electron chi connectivity index (χ0n) is 15.9. The molecule has 0 bridgehead atoms. The second-order valence-electron chi connectivity index (χ2n) is 6.44. The number of anilines is 1. The number of nitrogens with one attached hydrogen (secondary N) is 1. The van der Waals surface area contributed by atoms with Crippen LogP contribution < -0.4 is 10.1 Å². The predicted molar refractivity (Wildman–Crippen MR) is 111 cm³/mol. The van der Waals surface area contributed by atoms with E-state index in [9.17, 15) is 14.4 Å². The molecule has 0 heterocycles. The number of hydrogen-bond donors (Lipinski definition) is 1. The molecular formula is C24H19FN2O2. The van der Waals surface area contributed by atoms with Crippen LogP contribution in [0.5, 0.6) is 5.75 Å². The molecule has 3 aromatic carbocycles. The van der Waals surface area contributed by atoms with Crippen molar-refractivity contribution in [3.8, 4) is 11.8 Å². The fourth-order valence-electron chi connectivity index (χ4n) is 2.62. The molecule has 1 N–H and O–H groups in total. The minimum absolute atomic E-state index is 0.0307. The third-order valence-corrected chi connectivity index (χ3v) is 4.20. The maximum atomic E-state index is 13.7. The highest BCUT2D eigenvalue weighted by molar-refractivity contribution is 6.09. The summed E-state index contributed by atoms with van der Waals surface area (Å²) in [6.07, 6.45) is 1.49. The number of carbonyl (C=O) groups excluding carboxylic acids is 1. The van der Waals surface area contributed by atoms with E-state index in [1.54, 1.807) is 54.6 Å². The van der Waals surface area contributed by atoms with Crippen LogP contribution in [0, 0.1) is 24.1 Å². The molecule has 1 amide bonds. The van der Waals surface area contributed by atoms with Crippen LogP contribution in [0.3, 0.4) is 0 Å². The molecule has 3 aromatic rings. The van der Waals surface area contributed by atoms with Gasteiger partial charge in [-0.2, -0.15) is 5.26 Å². The van der Waals surface area contributed by atoms with Crippen molar-refractivity contribution in [3.63, 3.8) is 0 Å². The molecule has 0 saturated carbocycles. The summed E-state index contributed by atoms with van der Waals surface area (Å²) in [5.41, 5.74) is 2.74. The molecule has 4 nitrogen and oxygen atoms in total. The number of amides is 1. The highest BCUT2D eigenvalue weighted by Crippen LogP contribution is 2.19. The summed E-state index contributed by atoms with van der Waals surface area (Å²) >= 11 is 0. The highest BCUT2D eigenvalue weighted by Gasteiger charge is 2.10. The summed E-state index contributed by atoms with van der Waals surface area (Å²) in [6, 6.07) is 22.6. The van der Waals surface area contributed by atoms with Crippen molar-refractivity contribution in [2.75, 3.05) is 5.32 Å². The lowest BCUT2D eigenvalue weighted by Crippen LogP contribution is -2.13. The molecule has 144 valence electrons. The van der Waals surface area contributed by atoms with Crippen molar-refractivity contribution in [1.82, 2.24) is 0 Å². The molecule has 0 radical (unpaired) electrons. The summed E-state index contributed by atoms with van der Waals surface area (Å²) in [4.78, 5) is 12.4. The standard InChI is InChI=1S/C24H19FN2O2/c1-17-9-11-21(12-10-17)27-24(28)20(15-26)13-18-5-4-7-22(14-18)29-16-19-6-2-3-8-23(19)25/h2-14H,16H2,1H3,(H,27,28). The molecule has 0 aliphatic heterocycles. The van der Waals surface area contributed by atoms with Gasteiger partial charge < -0.3 is 10.1 Å². The average Bonchev–Trinajstić information content (AvgIpc) is 2.73. The van der Waals surface area contributed by atoms with Gasteiger partial charge in [-0.15, -0.1) is 0 Å². The average molecular weight is 386 g/mol. The molecule has 29 heavy (non-hydrogen) atoms. The molecule has 0 unspecified atom stereocenters. The van der Waals surface area contributed by atoms with E-state index in [4.69, 9.17) is 4.74 Å². The Balaban J connectivity index is 1.71. The monoisotopic (exact) mass is 386 g/mol. The van der Waals surface area contributed by atoms with E-state index in [-0.39, 0.29) is 18.0 Å². The molecule has 5 heteroatoms. The number of hydrogen-bond acceptors (Lipinski definition) is 3. The molecule has 0 aliphatic carbocycles. The van der Waals surface area contributed by atoms with Gasteiger partial charge in [0, 0.05) is 11.3 Å². The quantitative estimate of drug-likeness (QED) is 0.464. The Morgan fingerprint density at radius 2 is 1.86 bits per heavy atom. The minimum Gasteiger partial charge on any atom is -0.489 e. The van der Waals surface area contributed by atoms with Crippen molar-refractivity contribution in [3.05, 3.63) is 101 Å². The van der Waals surface area contributed by atoms with Crippen LogP contribution in [0.1, 0.15) is 16.7 Å². The number of aryl methyl sites for hydroxylation is 1. The van der Waals surface area contributed by atoms with Gasteiger partial charge in [0.15, 0.2) is 0 Å². The van der Waals surface area contributed by atoms with Gasteiger partial charge in [-0.3, -0.25) is 4.79 Å². The summed E-state index contributed by atoms with van der Waals surface area (Å²) in [7, 11) is 0. The third-order valence-electron chi connectivity index (χ3n) is 4.20. The Morgan fingerprint density at radius 1 is 1.10 bits per heavy atom. The minimum atomic E-state index is -0.492.